The van der Waals surface area contributed by atoms with Gasteiger partial charge in [-0.25, -0.2) is 4.79 Å². The molecule has 0 saturated carbocycles. The van der Waals surface area contributed by atoms with E-state index in [0.29, 0.717) is 24.9 Å². The van der Waals surface area contributed by atoms with Gasteiger partial charge in [0.15, 0.2) is 0 Å². The van der Waals surface area contributed by atoms with E-state index >= 15 is 0 Å². The Labute approximate surface area is 222 Å². The van der Waals surface area contributed by atoms with Crippen molar-refractivity contribution in [2.24, 2.45) is 0 Å². The SMILES string of the molecule is Cc1ccc(N(CCCCC(NC(=O)OC(C)(C)C)C(=O)NC2CCCc3ccccc32)S(=O)[O-])cc1. The fourth-order valence-electron chi connectivity index (χ4n) is 4.50. The molecule has 9 heteroatoms. The number of hydrogen-bond donors (Lipinski definition) is 2. The van der Waals surface area contributed by atoms with Crippen LogP contribution in [0.5, 0.6) is 0 Å². The van der Waals surface area contributed by atoms with E-state index in [0.717, 1.165) is 30.4 Å². The molecule has 2 amide bonds. The summed E-state index contributed by atoms with van der Waals surface area (Å²) in [7, 11) is 0. The Bertz CT molecular complexity index is 1080. The Morgan fingerprint density at radius 3 is 2.51 bits per heavy atom. The number of amides is 2. The second kappa shape index (κ2) is 13.1. The highest BCUT2D eigenvalue weighted by atomic mass is 32.2. The summed E-state index contributed by atoms with van der Waals surface area (Å²) in [6.07, 6.45) is 3.56. The van der Waals surface area contributed by atoms with Crippen LogP contribution in [0.4, 0.5) is 10.5 Å². The third-order valence-electron chi connectivity index (χ3n) is 6.30. The number of aryl methyl sites for hydroxylation is 2. The normalized spacial score (nSPS) is 16.7. The minimum absolute atomic E-state index is 0.111. The Morgan fingerprint density at radius 1 is 1.14 bits per heavy atom. The molecule has 2 aromatic carbocycles. The molecule has 0 bridgehead atoms. The van der Waals surface area contributed by atoms with Crippen molar-refractivity contribution in [2.45, 2.75) is 83.9 Å². The van der Waals surface area contributed by atoms with Crippen LogP contribution in [-0.4, -0.2) is 38.9 Å². The van der Waals surface area contributed by atoms with Gasteiger partial charge in [0.2, 0.25) is 5.91 Å². The van der Waals surface area contributed by atoms with Gasteiger partial charge in [0.05, 0.1) is 6.04 Å². The third-order valence-corrected chi connectivity index (χ3v) is 7.05. The standard InChI is InChI=1S/C28H39N3O5S/c1-20-15-17-22(18-16-20)31(37(34)35)19-8-7-13-25(30-27(33)36-28(2,3)4)26(32)29-24-14-9-11-21-10-5-6-12-23(21)24/h5-6,10,12,15-18,24-25H,7-9,11,13-14,19H2,1-4H3,(H,29,32)(H,30,33)(H,34,35)/p-1. The molecule has 1 aliphatic carbocycles. The Kier molecular flexibility index (Phi) is 10.1. The van der Waals surface area contributed by atoms with Gasteiger partial charge in [0.1, 0.15) is 11.6 Å². The number of carbonyl (C=O) groups is 2. The summed E-state index contributed by atoms with van der Waals surface area (Å²) in [5.74, 6) is -0.268. The fraction of sp³-hybridized carbons (Fsp3) is 0.500. The lowest BCUT2D eigenvalue weighted by molar-refractivity contribution is -0.124. The van der Waals surface area contributed by atoms with Gasteiger partial charge in [-0.05, 0) is 89.5 Å². The zero-order valence-corrected chi connectivity index (χ0v) is 22.9. The topological polar surface area (TPSA) is 111 Å². The number of alkyl carbamates (subject to hydrolysis) is 1. The van der Waals surface area contributed by atoms with Gasteiger partial charge < -0.3 is 24.2 Å². The number of carbonyl (C=O) groups excluding carboxylic acids is 2. The van der Waals surface area contributed by atoms with Crippen LogP contribution in [0.3, 0.4) is 0 Å². The average molecular weight is 529 g/mol. The van der Waals surface area contributed by atoms with E-state index in [4.69, 9.17) is 4.74 Å². The Balaban J connectivity index is 1.64. The smallest absolute Gasteiger partial charge is 0.408 e. The highest BCUT2D eigenvalue weighted by Crippen LogP contribution is 2.29. The van der Waals surface area contributed by atoms with Crippen LogP contribution in [-0.2, 0) is 27.2 Å². The van der Waals surface area contributed by atoms with Crippen molar-refractivity contribution in [3.63, 3.8) is 0 Å². The molecule has 0 fully saturated rings. The van der Waals surface area contributed by atoms with Gasteiger partial charge in [0.25, 0.3) is 0 Å². The van der Waals surface area contributed by atoms with Gasteiger partial charge in [-0.2, -0.15) is 0 Å². The van der Waals surface area contributed by atoms with Gasteiger partial charge in [0, 0.05) is 23.5 Å². The number of nitrogens with zero attached hydrogens (tertiary/aromatic N) is 1. The molecule has 3 rings (SSSR count). The largest absolute Gasteiger partial charge is 0.755 e. The molecule has 8 nitrogen and oxygen atoms in total. The molecule has 3 atom stereocenters. The second-order valence-electron chi connectivity index (χ2n) is 10.5. The zero-order chi connectivity index (χ0) is 27.0. The number of anilines is 1. The van der Waals surface area contributed by atoms with Crippen molar-refractivity contribution in [2.75, 3.05) is 10.8 Å². The van der Waals surface area contributed by atoms with E-state index in [1.807, 2.05) is 37.3 Å². The summed E-state index contributed by atoms with van der Waals surface area (Å²) < 4.78 is 30.3. The first-order chi connectivity index (χ1) is 17.5. The number of fused-ring (bicyclic) bond motifs is 1. The van der Waals surface area contributed by atoms with Crippen LogP contribution in [0.25, 0.3) is 0 Å². The molecule has 37 heavy (non-hydrogen) atoms. The van der Waals surface area contributed by atoms with Gasteiger partial charge in [-0.15, -0.1) is 0 Å². The number of unbranched alkanes of at least 4 members (excludes halogenated alkanes) is 1. The predicted octanol–water partition coefficient (Wildman–Crippen LogP) is 4.85. The third kappa shape index (κ3) is 8.86. The van der Waals surface area contributed by atoms with E-state index in [9.17, 15) is 18.4 Å². The summed E-state index contributed by atoms with van der Waals surface area (Å²) >= 11 is -2.42. The lowest BCUT2D eigenvalue weighted by Crippen LogP contribution is -2.49. The van der Waals surface area contributed by atoms with E-state index in [-0.39, 0.29) is 18.5 Å². The molecular weight excluding hydrogens is 490 g/mol. The van der Waals surface area contributed by atoms with Crippen LogP contribution in [0, 0.1) is 6.92 Å². The zero-order valence-electron chi connectivity index (χ0n) is 22.1. The van der Waals surface area contributed by atoms with Crippen molar-refractivity contribution < 1.29 is 23.1 Å². The lowest BCUT2D eigenvalue weighted by atomic mass is 9.87. The first-order valence-electron chi connectivity index (χ1n) is 12.8. The molecule has 0 aliphatic heterocycles. The molecule has 0 spiro atoms. The molecule has 3 unspecified atom stereocenters. The molecule has 202 valence electrons. The number of hydrogen-bond acceptors (Lipinski definition) is 5. The maximum absolute atomic E-state index is 13.3. The summed E-state index contributed by atoms with van der Waals surface area (Å²) in [6.45, 7) is 7.52. The van der Waals surface area contributed by atoms with E-state index in [1.165, 1.54) is 9.87 Å². The maximum Gasteiger partial charge on any atom is 0.408 e. The molecule has 0 heterocycles. The Hall–Kier alpha value is -2.91. The minimum Gasteiger partial charge on any atom is -0.755 e. The average Bonchev–Trinajstić information content (AvgIpc) is 2.83. The number of benzene rings is 2. The lowest BCUT2D eigenvalue weighted by Gasteiger charge is -2.29. The summed E-state index contributed by atoms with van der Waals surface area (Å²) in [6, 6.07) is 14.5. The highest BCUT2D eigenvalue weighted by Gasteiger charge is 2.28. The first kappa shape index (κ1) is 28.7. The maximum atomic E-state index is 13.3. The quantitative estimate of drug-likeness (QED) is 0.338. The van der Waals surface area contributed by atoms with Crippen LogP contribution in [0.1, 0.15) is 75.6 Å². The van der Waals surface area contributed by atoms with Crippen LogP contribution in [0.2, 0.25) is 0 Å². The van der Waals surface area contributed by atoms with Gasteiger partial charge in [-0.3, -0.25) is 9.00 Å². The summed E-state index contributed by atoms with van der Waals surface area (Å²) in [5.41, 5.74) is 3.29. The molecule has 0 saturated heterocycles. The van der Waals surface area contributed by atoms with Crippen molar-refractivity contribution in [1.82, 2.24) is 10.6 Å². The molecule has 2 N–H and O–H groups in total. The molecule has 0 aromatic heterocycles. The van der Waals surface area contributed by atoms with E-state index < -0.39 is 29.0 Å². The fourth-order valence-corrected chi connectivity index (χ4v) is 5.07. The molecular formula is C28H38N3O5S-. The number of ether oxygens (including phenoxy) is 1. The van der Waals surface area contributed by atoms with Crippen LogP contribution < -0.4 is 14.9 Å². The van der Waals surface area contributed by atoms with Crippen LogP contribution >= 0.6 is 0 Å². The van der Waals surface area contributed by atoms with Crippen molar-refractivity contribution in [1.29, 1.82) is 0 Å². The molecule has 1 aliphatic rings. The minimum atomic E-state index is -2.42. The number of nitrogens with one attached hydrogen (secondary N) is 2. The van der Waals surface area contributed by atoms with E-state index in [1.54, 1.807) is 32.9 Å². The Morgan fingerprint density at radius 2 is 1.84 bits per heavy atom. The highest BCUT2D eigenvalue weighted by molar-refractivity contribution is 7.80. The summed E-state index contributed by atoms with van der Waals surface area (Å²) in [4.78, 5) is 25.8. The van der Waals surface area contributed by atoms with Gasteiger partial charge in [-0.1, -0.05) is 42.0 Å². The predicted molar refractivity (Wildman–Crippen MR) is 145 cm³/mol. The molecule has 0 radical (unpaired) electrons. The monoisotopic (exact) mass is 528 g/mol. The summed E-state index contributed by atoms with van der Waals surface area (Å²) in [5, 5.41) is 5.85. The molecule has 2 aromatic rings. The van der Waals surface area contributed by atoms with Crippen molar-refractivity contribution in [3.05, 3.63) is 65.2 Å². The van der Waals surface area contributed by atoms with Crippen LogP contribution in [0.15, 0.2) is 48.5 Å². The van der Waals surface area contributed by atoms with Crippen molar-refractivity contribution in [3.8, 4) is 0 Å². The van der Waals surface area contributed by atoms with Gasteiger partial charge >= 0.3 is 6.09 Å². The second-order valence-corrected chi connectivity index (χ2v) is 11.4. The van der Waals surface area contributed by atoms with Crippen molar-refractivity contribution >= 4 is 29.0 Å². The first-order valence-corrected chi connectivity index (χ1v) is 13.9. The number of rotatable bonds is 10. The van der Waals surface area contributed by atoms with E-state index in [2.05, 4.69) is 16.7 Å².